The second-order valence-corrected chi connectivity index (χ2v) is 7.62. The van der Waals surface area contributed by atoms with Gasteiger partial charge < -0.3 is 14.2 Å². The standard InChI is InChI=1S/C24H28F2O4/c1-2-3-15-28-21-14-13-20(22(25)23(21)26)24(27)30-19-11-9-18(10-12-19)29-16-17-7-5-4-6-8-17/h9-14,17H,2-8,15-16H2,1H3. The van der Waals surface area contributed by atoms with E-state index in [1.807, 2.05) is 6.92 Å². The van der Waals surface area contributed by atoms with Crippen molar-refractivity contribution in [3.63, 3.8) is 0 Å². The van der Waals surface area contributed by atoms with E-state index in [0.717, 1.165) is 12.8 Å². The fourth-order valence-electron chi connectivity index (χ4n) is 3.46. The first-order valence-corrected chi connectivity index (χ1v) is 10.6. The maximum Gasteiger partial charge on any atom is 0.346 e. The van der Waals surface area contributed by atoms with Crippen LogP contribution in [0.15, 0.2) is 36.4 Å². The molecule has 3 rings (SSSR count). The number of esters is 1. The number of unbranched alkanes of at least 4 members (excludes halogenated alkanes) is 1. The number of halogens is 2. The molecule has 0 spiro atoms. The van der Waals surface area contributed by atoms with Crippen LogP contribution in [0.5, 0.6) is 17.2 Å². The molecule has 4 nitrogen and oxygen atoms in total. The summed E-state index contributed by atoms with van der Waals surface area (Å²) in [4.78, 5) is 12.3. The molecule has 162 valence electrons. The summed E-state index contributed by atoms with van der Waals surface area (Å²) in [5.74, 6) is -2.14. The topological polar surface area (TPSA) is 44.8 Å². The lowest BCUT2D eigenvalue weighted by Crippen LogP contribution is -2.15. The first-order valence-electron chi connectivity index (χ1n) is 10.6. The van der Waals surface area contributed by atoms with Crippen LogP contribution in [0.3, 0.4) is 0 Å². The predicted octanol–water partition coefficient (Wildman–Crippen LogP) is 6.32. The second kappa shape index (κ2) is 11.0. The van der Waals surface area contributed by atoms with Gasteiger partial charge >= 0.3 is 5.97 Å². The normalized spacial score (nSPS) is 14.4. The van der Waals surface area contributed by atoms with E-state index < -0.39 is 23.2 Å². The summed E-state index contributed by atoms with van der Waals surface area (Å²) in [6.45, 7) is 2.93. The van der Waals surface area contributed by atoms with Crippen LogP contribution in [0.2, 0.25) is 0 Å². The molecular weight excluding hydrogens is 390 g/mol. The fourth-order valence-corrected chi connectivity index (χ4v) is 3.46. The van der Waals surface area contributed by atoms with Gasteiger partial charge in [-0.05, 0) is 61.6 Å². The summed E-state index contributed by atoms with van der Waals surface area (Å²) in [5.41, 5.74) is -0.479. The van der Waals surface area contributed by atoms with Gasteiger partial charge in [0.05, 0.1) is 18.8 Å². The average Bonchev–Trinajstić information content (AvgIpc) is 2.77. The molecule has 2 aromatic rings. The first kappa shape index (κ1) is 22.1. The van der Waals surface area contributed by atoms with Crippen molar-refractivity contribution in [3.8, 4) is 17.2 Å². The van der Waals surface area contributed by atoms with Crippen molar-refractivity contribution in [3.05, 3.63) is 53.6 Å². The highest BCUT2D eigenvalue weighted by molar-refractivity contribution is 5.91. The lowest BCUT2D eigenvalue weighted by atomic mass is 9.90. The molecule has 0 amide bonds. The largest absolute Gasteiger partial charge is 0.493 e. The molecule has 0 aromatic heterocycles. The molecule has 1 saturated carbocycles. The summed E-state index contributed by atoms with van der Waals surface area (Å²) in [6, 6.07) is 8.96. The van der Waals surface area contributed by atoms with Crippen LogP contribution in [0, 0.1) is 17.6 Å². The van der Waals surface area contributed by atoms with Gasteiger partial charge in [0.1, 0.15) is 11.5 Å². The minimum absolute atomic E-state index is 0.211. The summed E-state index contributed by atoms with van der Waals surface area (Å²) in [6.07, 6.45) is 7.80. The highest BCUT2D eigenvalue weighted by atomic mass is 19.2. The molecule has 1 aliphatic rings. The Hall–Kier alpha value is -2.63. The van der Waals surface area contributed by atoms with E-state index in [0.29, 0.717) is 18.3 Å². The molecule has 0 aliphatic heterocycles. The zero-order chi connectivity index (χ0) is 21.3. The minimum atomic E-state index is -1.28. The Morgan fingerprint density at radius 1 is 0.933 bits per heavy atom. The fraction of sp³-hybridized carbons (Fsp3) is 0.458. The molecule has 0 atom stereocenters. The number of benzene rings is 2. The third-order valence-corrected chi connectivity index (χ3v) is 5.27. The van der Waals surface area contributed by atoms with Crippen LogP contribution in [-0.4, -0.2) is 19.2 Å². The Balaban J connectivity index is 1.56. The number of carbonyl (C=O) groups excluding carboxylic acids is 1. The van der Waals surface area contributed by atoms with E-state index in [9.17, 15) is 13.6 Å². The Kier molecular flexibility index (Phi) is 8.05. The van der Waals surface area contributed by atoms with Crippen molar-refractivity contribution >= 4 is 5.97 Å². The zero-order valence-corrected chi connectivity index (χ0v) is 17.3. The van der Waals surface area contributed by atoms with Crippen molar-refractivity contribution in [2.75, 3.05) is 13.2 Å². The summed E-state index contributed by atoms with van der Waals surface area (Å²) >= 11 is 0. The SMILES string of the molecule is CCCCOc1ccc(C(=O)Oc2ccc(OCC3CCCCC3)cc2)c(F)c1F. The molecule has 1 aliphatic carbocycles. The molecule has 0 N–H and O–H groups in total. The molecule has 1 fully saturated rings. The van der Waals surface area contributed by atoms with Gasteiger partial charge in [-0.25, -0.2) is 9.18 Å². The lowest BCUT2D eigenvalue weighted by Gasteiger charge is -2.21. The number of rotatable bonds is 9. The van der Waals surface area contributed by atoms with Gasteiger partial charge in [0.2, 0.25) is 5.82 Å². The van der Waals surface area contributed by atoms with Crippen LogP contribution in [0.1, 0.15) is 62.2 Å². The van der Waals surface area contributed by atoms with Gasteiger partial charge in [0, 0.05) is 0 Å². The second-order valence-electron chi connectivity index (χ2n) is 7.62. The Labute approximate surface area is 176 Å². The quantitative estimate of drug-likeness (QED) is 0.271. The smallest absolute Gasteiger partial charge is 0.346 e. The number of hydrogen-bond donors (Lipinski definition) is 0. The number of ether oxygens (including phenoxy) is 3. The van der Waals surface area contributed by atoms with Gasteiger partial charge in [-0.1, -0.05) is 32.6 Å². The molecule has 0 radical (unpaired) electrons. The maximum atomic E-state index is 14.3. The van der Waals surface area contributed by atoms with E-state index in [2.05, 4.69) is 0 Å². The van der Waals surface area contributed by atoms with Crippen molar-refractivity contribution in [2.45, 2.75) is 51.9 Å². The predicted molar refractivity (Wildman–Crippen MR) is 110 cm³/mol. The molecule has 0 heterocycles. The lowest BCUT2D eigenvalue weighted by molar-refractivity contribution is 0.0728. The molecule has 6 heteroatoms. The van der Waals surface area contributed by atoms with E-state index in [1.54, 1.807) is 24.3 Å². The van der Waals surface area contributed by atoms with Gasteiger partial charge in [-0.15, -0.1) is 0 Å². The van der Waals surface area contributed by atoms with Gasteiger partial charge in [0.25, 0.3) is 0 Å². The Morgan fingerprint density at radius 3 is 2.33 bits per heavy atom. The van der Waals surface area contributed by atoms with Crippen molar-refractivity contribution in [2.24, 2.45) is 5.92 Å². The average molecular weight is 418 g/mol. The number of hydrogen-bond acceptors (Lipinski definition) is 4. The van der Waals surface area contributed by atoms with Crippen LogP contribution in [0.4, 0.5) is 8.78 Å². The van der Waals surface area contributed by atoms with Crippen LogP contribution in [0.25, 0.3) is 0 Å². The van der Waals surface area contributed by atoms with E-state index in [4.69, 9.17) is 14.2 Å². The van der Waals surface area contributed by atoms with Crippen molar-refractivity contribution in [1.82, 2.24) is 0 Å². The monoisotopic (exact) mass is 418 g/mol. The number of carbonyl (C=O) groups is 1. The Bertz CT molecular complexity index is 830. The zero-order valence-electron chi connectivity index (χ0n) is 17.3. The van der Waals surface area contributed by atoms with Gasteiger partial charge in [-0.3, -0.25) is 0 Å². The molecule has 0 saturated heterocycles. The highest BCUT2D eigenvalue weighted by Crippen LogP contribution is 2.27. The summed E-state index contributed by atoms with van der Waals surface area (Å²) in [5, 5.41) is 0. The highest BCUT2D eigenvalue weighted by Gasteiger charge is 2.21. The molecule has 2 aromatic carbocycles. The van der Waals surface area contributed by atoms with E-state index in [-0.39, 0.29) is 18.1 Å². The van der Waals surface area contributed by atoms with E-state index >= 15 is 0 Å². The van der Waals surface area contributed by atoms with Crippen molar-refractivity contribution in [1.29, 1.82) is 0 Å². The summed E-state index contributed by atoms with van der Waals surface area (Å²) in [7, 11) is 0. The van der Waals surface area contributed by atoms with Crippen LogP contribution < -0.4 is 14.2 Å². The van der Waals surface area contributed by atoms with Gasteiger partial charge in [-0.2, -0.15) is 4.39 Å². The van der Waals surface area contributed by atoms with Crippen molar-refractivity contribution < 1.29 is 27.8 Å². The van der Waals surface area contributed by atoms with Crippen LogP contribution >= 0.6 is 0 Å². The summed E-state index contributed by atoms with van der Waals surface area (Å²) < 4.78 is 44.7. The Morgan fingerprint density at radius 2 is 1.63 bits per heavy atom. The first-order chi connectivity index (χ1) is 14.6. The molecular formula is C24H28F2O4. The molecule has 30 heavy (non-hydrogen) atoms. The third kappa shape index (κ3) is 5.94. The van der Waals surface area contributed by atoms with E-state index in [1.165, 1.54) is 44.2 Å². The van der Waals surface area contributed by atoms with Crippen LogP contribution in [-0.2, 0) is 0 Å². The maximum absolute atomic E-state index is 14.3. The third-order valence-electron chi connectivity index (χ3n) is 5.27. The van der Waals surface area contributed by atoms with Gasteiger partial charge in [0.15, 0.2) is 11.6 Å². The minimum Gasteiger partial charge on any atom is -0.493 e. The molecule has 0 unspecified atom stereocenters. The molecule has 0 bridgehead atoms.